The minimum Gasteiger partial charge on any atom is -0.243 e. The van der Waals surface area contributed by atoms with Gasteiger partial charge >= 0.3 is 0 Å². The summed E-state index contributed by atoms with van der Waals surface area (Å²) in [6.07, 6.45) is 5.10. The van der Waals surface area contributed by atoms with E-state index >= 15 is 0 Å². The van der Waals surface area contributed by atoms with Crippen molar-refractivity contribution in [1.82, 2.24) is 15.1 Å². The van der Waals surface area contributed by atoms with Crippen molar-refractivity contribution in [2.45, 2.75) is 0 Å². The molecular formula is C4H6N3. The summed E-state index contributed by atoms with van der Waals surface area (Å²) in [6, 6.07) is 0. The lowest BCUT2D eigenvalue weighted by molar-refractivity contribution is 0.657. The minimum atomic E-state index is 1.64. The van der Waals surface area contributed by atoms with Crippen LogP contribution in [0.2, 0.25) is 0 Å². The molecule has 1 rings (SSSR count). The lowest BCUT2D eigenvalue weighted by Gasteiger charge is -1.88. The average Bonchev–Trinajstić information content (AvgIpc) is 2.14. The molecule has 1 aromatic heterocycles. The predicted octanol–water partition coefficient (Wildman–Crippen LogP) is -0.120. The van der Waals surface area contributed by atoms with E-state index < -0.39 is 0 Å². The maximum Gasteiger partial charge on any atom is 0.116 e. The van der Waals surface area contributed by atoms with Gasteiger partial charge in [0.05, 0.1) is 0 Å². The quantitative estimate of drug-likeness (QED) is 0.479. The van der Waals surface area contributed by atoms with Crippen LogP contribution in [0.25, 0.3) is 0 Å². The molecule has 0 saturated heterocycles. The maximum atomic E-state index is 3.78. The first-order valence-electron chi connectivity index (χ1n) is 2.01. The van der Waals surface area contributed by atoms with Crippen LogP contribution < -0.4 is 5.43 Å². The zero-order valence-corrected chi connectivity index (χ0v) is 4.07. The number of nitrogens with zero attached hydrogens (tertiary/aromatic N) is 3. The van der Waals surface area contributed by atoms with Crippen molar-refractivity contribution in [3.05, 3.63) is 18.7 Å². The smallest absolute Gasteiger partial charge is 0.116 e. The molecule has 0 saturated carbocycles. The van der Waals surface area contributed by atoms with Gasteiger partial charge in [0.2, 0.25) is 0 Å². The van der Waals surface area contributed by atoms with Gasteiger partial charge in [0.1, 0.15) is 6.33 Å². The van der Waals surface area contributed by atoms with E-state index in [0.29, 0.717) is 0 Å². The highest BCUT2D eigenvalue weighted by molar-refractivity contribution is 4.71. The summed E-state index contributed by atoms with van der Waals surface area (Å²) in [5.74, 6) is 0. The van der Waals surface area contributed by atoms with Crippen molar-refractivity contribution in [3.63, 3.8) is 0 Å². The van der Waals surface area contributed by atoms with Crippen molar-refractivity contribution in [2.75, 3.05) is 7.05 Å². The summed E-state index contributed by atoms with van der Waals surface area (Å²) in [4.78, 5) is 3.76. The summed E-state index contributed by atoms with van der Waals surface area (Å²) in [7, 11) is 1.71. The normalized spacial score (nSPS) is 8.71. The Hall–Kier alpha value is -0.990. The molecule has 3 nitrogen and oxygen atoms in total. The second-order valence-corrected chi connectivity index (χ2v) is 1.14. The Balaban J connectivity index is 2.76. The molecule has 0 N–H and O–H groups in total. The van der Waals surface area contributed by atoms with Crippen LogP contribution in [0.4, 0.5) is 0 Å². The van der Waals surface area contributed by atoms with E-state index in [2.05, 4.69) is 10.4 Å². The Morgan fingerprint density at radius 1 is 1.71 bits per heavy atom. The summed E-state index contributed by atoms with van der Waals surface area (Å²) < 4.78 is 1.64. The van der Waals surface area contributed by atoms with E-state index in [1.807, 2.05) is 0 Å². The molecule has 0 atom stereocenters. The fourth-order valence-corrected chi connectivity index (χ4v) is 0.370. The van der Waals surface area contributed by atoms with E-state index in [1.165, 1.54) is 0 Å². The maximum absolute atomic E-state index is 3.78. The Bertz CT molecular complexity index is 121. The molecule has 0 aliphatic carbocycles. The standard InChI is InChI=1S/C4H6N3/c1-5-7-3-2-6-4-7/h2-4H,1H3. The van der Waals surface area contributed by atoms with Crippen LogP contribution in [0.5, 0.6) is 0 Å². The predicted molar refractivity (Wildman–Crippen MR) is 25.7 cm³/mol. The summed E-state index contributed by atoms with van der Waals surface area (Å²) in [5.41, 5.74) is 3.78. The van der Waals surface area contributed by atoms with Gasteiger partial charge in [-0.15, -0.1) is 0 Å². The monoisotopic (exact) mass is 96.1 g/mol. The van der Waals surface area contributed by atoms with E-state index in [4.69, 9.17) is 0 Å². The Morgan fingerprint density at radius 2 is 2.57 bits per heavy atom. The topological polar surface area (TPSA) is 31.9 Å². The lowest BCUT2D eigenvalue weighted by Crippen LogP contribution is -2.02. The highest BCUT2D eigenvalue weighted by Gasteiger charge is 1.77. The zero-order valence-electron chi connectivity index (χ0n) is 4.07. The molecule has 0 bridgehead atoms. The van der Waals surface area contributed by atoms with Crippen LogP contribution in [0.1, 0.15) is 0 Å². The van der Waals surface area contributed by atoms with Gasteiger partial charge in [-0.3, -0.25) is 0 Å². The molecule has 3 heteroatoms. The van der Waals surface area contributed by atoms with Gasteiger partial charge in [-0.2, -0.15) is 0 Å². The van der Waals surface area contributed by atoms with Crippen molar-refractivity contribution >= 4 is 0 Å². The molecule has 0 aliphatic heterocycles. The fraction of sp³-hybridized carbons (Fsp3) is 0.250. The molecule has 7 heavy (non-hydrogen) atoms. The SMILES string of the molecule is C[N]n1ccnc1. The zero-order chi connectivity index (χ0) is 5.11. The molecule has 1 heterocycles. The Labute approximate surface area is 42.0 Å². The minimum absolute atomic E-state index is 1.64. The van der Waals surface area contributed by atoms with Crippen molar-refractivity contribution in [2.24, 2.45) is 0 Å². The van der Waals surface area contributed by atoms with E-state index in [-0.39, 0.29) is 0 Å². The van der Waals surface area contributed by atoms with Gasteiger partial charge in [-0.1, -0.05) is 0 Å². The van der Waals surface area contributed by atoms with E-state index in [0.717, 1.165) is 0 Å². The Kier molecular flexibility index (Phi) is 0.978. The molecule has 0 aromatic carbocycles. The van der Waals surface area contributed by atoms with Gasteiger partial charge in [0.15, 0.2) is 0 Å². The number of hydrogen-bond donors (Lipinski definition) is 0. The number of imidazole rings is 1. The second kappa shape index (κ2) is 1.64. The first kappa shape index (κ1) is 4.18. The lowest BCUT2D eigenvalue weighted by atomic mass is 11.0. The van der Waals surface area contributed by atoms with Crippen LogP contribution >= 0.6 is 0 Å². The highest BCUT2D eigenvalue weighted by Crippen LogP contribution is 1.74. The van der Waals surface area contributed by atoms with Gasteiger partial charge < -0.3 is 0 Å². The van der Waals surface area contributed by atoms with Gasteiger partial charge in [-0.25, -0.2) is 15.1 Å². The molecule has 0 fully saturated rings. The van der Waals surface area contributed by atoms with Crippen LogP contribution in [0, 0.1) is 0 Å². The van der Waals surface area contributed by atoms with Crippen molar-refractivity contribution < 1.29 is 0 Å². The van der Waals surface area contributed by atoms with Crippen molar-refractivity contribution in [3.8, 4) is 0 Å². The molecule has 1 radical (unpaired) electrons. The van der Waals surface area contributed by atoms with Gasteiger partial charge in [0, 0.05) is 19.4 Å². The average molecular weight is 96.1 g/mol. The molecule has 0 amide bonds. The number of aromatic nitrogens is 2. The Morgan fingerprint density at radius 3 is 2.86 bits per heavy atom. The third-order valence-corrected chi connectivity index (χ3v) is 0.721. The van der Waals surface area contributed by atoms with E-state index in [1.54, 1.807) is 30.4 Å². The summed E-state index contributed by atoms with van der Waals surface area (Å²) in [6.45, 7) is 0. The van der Waals surface area contributed by atoms with Crippen LogP contribution in [-0.4, -0.2) is 16.7 Å². The first-order chi connectivity index (χ1) is 3.43. The molecule has 0 aliphatic rings. The third-order valence-electron chi connectivity index (χ3n) is 0.721. The van der Waals surface area contributed by atoms with E-state index in [9.17, 15) is 0 Å². The summed E-state index contributed by atoms with van der Waals surface area (Å²) in [5, 5.41) is 0. The molecule has 1 aromatic rings. The van der Waals surface area contributed by atoms with Crippen molar-refractivity contribution in [1.29, 1.82) is 0 Å². The van der Waals surface area contributed by atoms with Crippen LogP contribution in [0.3, 0.4) is 0 Å². The molecule has 0 unspecified atom stereocenters. The summed E-state index contributed by atoms with van der Waals surface area (Å²) >= 11 is 0. The first-order valence-corrected chi connectivity index (χ1v) is 2.01. The van der Waals surface area contributed by atoms with Gasteiger partial charge in [0.25, 0.3) is 0 Å². The fourth-order valence-electron chi connectivity index (χ4n) is 0.370. The van der Waals surface area contributed by atoms with Crippen LogP contribution in [0.15, 0.2) is 18.7 Å². The number of rotatable bonds is 1. The van der Waals surface area contributed by atoms with Gasteiger partial charge in [-0.05, 0) is 0 Å². The third kappa shape index (κ3) is 0.707. The number of hydrogen-bond acceptors (Lipinski definition) is 1. The molecule has 37 valence electrons. The molecule has 0 spiro atoms. The van der Waals surface area contributed by atoms with Crippen LogP contribution in [-0.2, 0) is 0 Å². The second-order valence-electron chi connectivity index (χ2n) is 1.14. The largest absolute Gasteiger partial charge is 0.243 e. The molecular weight excluding hydrogens is 90.1 g/mol. The highest BCUT2D eigenvalue weighted by atomic mass is 15.4.